The number of hydrogen-bond acceptors (Lipinski definition) is 2. The summed E-state index contributed by atoms with van der Waals surface area (Å²) in [6.07, 6.45) is 2.38. The summed E-state index contributed by atoms with van der Waals surface area (Å²) in [5.74, 6) is 0.520. The second kappa shape index (κ2) is 5.36. The van der Waals surface area contributed by atoms with Gasteiger partial charge in [-0.3, -0.25) is 0 Å². The SMILES string of the molecule is CC(C)c1ccccc1CCN=C=O. The third-order valence-corrected chi connectivity index (χ3v) is 2.23. The first-order chi connectivity index (χ1) is 6.75. The highest BCUT2D eigenvalue weighted by Gasteiger charge is 2.04. The Morgan fingerprint density at radius 2 is 2.07 bits per heavy atom. The van der Waals surface area contributed by atoms with Crippen LogP contribution in [0.4, 0.5) is 0 Å². The first-order valence-electron chi connectivity index (χ1n) is 4.87. The molecule has 14 heavy (non-hydrogen) atoms. The van der Waals surface area contributed by atoms with E-state index in [2.05, 4.69) is 31.0 Å². The van der Waals surface area contributed by atoms with Crippen LogP contribution in [0.1, 0.15) is 30.9 Å². The van der Waals surface area contributed by atoms with Crippen LogP contribution in [0.5, 0.6) is 0 Å². The highest BCUT2D eigenvalue weighted by Crippen LogP contribution is 2.19. The zero-order valence-electron chi connectivity index (χ0n) is 8.66. The second-order valence-electron chi connectivity index (χ2n) is 3.58. The smallest absolute Gasteiger partial charge is 0.211 e. The molecule has 0 bridgehead atoms. The van der Waals surface area contributed by atoms with Crippen LogP contribution in [0.2, 0.25) is 0 Å². The lowest BCUT2D eigenvalue weighted by atomic mass is 9.95. The highest BCUT2D eigenvalue weighted by atomic mass is 16.1. The number of benzene rings is 1. The van der Waals surface area contributed by atoms with Crippen molar-refractivity contribution in [2.24, 2.45) is 4.99 Å². The molecule has 0 fully saturated rings. The van der Waals surface area contributed by atoms with Crippen LogP contribution in [-0.4, -0.2) is 12.6 Å². The van der Waals surface area contributed by atoms with E-state index in [-0.39, 0.29) is 0 Å². The maximum absolute atomic E-state index is 9.92. The summed E-state index contributed by atoms with van der Waals surface area (Å²) in [5, 5.41) is 0. The summed E-state index contributed by atoms with van der Waals surface area (Å²) in [5.41, 5.74) is 2.62. The minimum Gasteiger partial charge on any atom is -0.211 e. The van der Waals surface area contributed by atoms with E-state index in [0.29, 0.717) is 12.5 Å². The molecule has 0 atom stereocenters. The van der Waals surface area contributed by atoms with Crippen molar-refractivity contribution in [2.45, 2.75) is 26.2 Å². The maximum atomic E-state index is 9.92. The molecule has 0 amide bonds. The fraction of sp³-hybridized carbons (Fsp3) is 0.417. The monoisotopic (exact) mass is 189 g/mol. The third kappa shape index (κ3) is 2.82. The summed E-state index contributed by atoms with van der Waals surface area (Å²) in [4.78, 5) is 13.5. The van der Waals surface area contributed by atoms with E-state index < -0.39 is 0 Å². The number of carbonyl (C=O) groups excluding carboxylic acids is 1. The van der Waals surface area contributed by atoms with Gasteiger partial charge in [-0.1, -0.05) is 38.1 Å². The molecule has 0 saturated heterocycles. The highest BCUT2D eigenvalue weighted by molar-refractivity contribution is 5.34. The van der Waals surface area contributed by atoms with Crippen molar-refractivity contribution in [3.05, 3.63) is 35.4 Å². The molecule has 0 aliphatic carbocycles. The molecule has 0 radical (unpaired) electrons. The van der Waals surface area contributed by atoms with Gasteiger partial charge in [0.25, 0.3) is 0 Å². The second-order valence-corrected chi connectivity index (χ2v) is 3.58. The van der Waals surface area contributed by atoms with E-state index in [1.54, 1.807) is 6.08 Å². The van der Waals surface area contributed by atoms with Crippen LogP contribution in [-0.2, 0) is 11.2 Å². The van der Waals surface area contributed by atoms with E-state index in [0.717, 1.165) is 6.42 Å². The van der Waals surface area contributed by atoms with Gasteiger partial charge in [0, 0.05) is 0 Å². The number of nitrogens with zero attached hydrogens (tertiary/aromatic N) is 1. The van der Waals surface area contributed by atoms with Crippen LogP contribution in [0, 0.1) is 0 Å². The standard InChI is InChI=1S/C12H15NO/c1-10(2)12-6-4-3-5-11(12)7-8-13-9-14/h3-6,10H,7-8H2,1-2H3. The minimum atomic E-state index is 0.520. The predicted molar refractivity (Wildman–Crippen MR) is 57.2 cm³/mol. The number of aliphatic imine (C=N–C) groups is 1. The van der Waals surface area contributed by atoms with Crippen molar-refractivity contribution >= 4 is 6.08 Å². The summed E-state index contributed by atoms with van der Waals surface area (Å²) in [6.45, 7) is 4.87. The Morgan fingerprint density at radius 3 is 2.71 bits per heavy atom. The largest absolute Gasteiger partial charge is 0.234 e. The Morgan fingerprint density at radius 1 is 1.36 bits per heavy atom. The van der Waals surface area contributed by atoms with Gasteiger partial charge < -0.3 is 0 Å². The maximum Gasteiger partial charge on any atom is 0.234 e. The van der Waals surface area contributed by atoms with Gasteiger partial charge in [0.05, 0.1) is 6.54 Å². The summed E-state index contributed by atoms with van der Waals surface area (Å²) >= 11 is 0. The number of rotatable bonds is 4. The van der Waals surface area contributed by atoms with Crippen molar-refractivity contribution in [3.8, 4) is 0 Å². The van der Waals surface area contributed by atoms with Gasteiger partial charge in [0.1, 0.15) is 0 Å². The van der Waals surface area contributed by atoms with Crippen molar-refractivity contribution in [1.29, 1.82) is 0 Å². The molecule has 0 aliphatic heterocycles. The predicted octanol–water partition coefficient (Wildman–Crippen LogP) is 2.69. The minimum absolute atomic E-state index is 0.520. The lowest BCUT2D eigenvalue weighted by Crippen LogP contribution is -1.98. The molecular weight excluding hydrogens is 174 g/mol. The Bertz CT molecular complexity index is 338. The van der Waals surface area contributed by atoms with Crippen LogP contribution >= 0.6 is 0 Å². The van der Waals surface area contributed by atoms with Crippen molar-refractivity contribution in [3.63, 3.8) is 0 Å². The fourth-order valence-corrected chi connectivity index (χ4v) is 1.55. The molecule has 0 aromatic heterocycles. The van der Waals surface area contributed by atoms with Gasteiger partial charge in [-0.05, 0) is 23.5 Å². The fourth-order valence-electron chi connectivity index (χ4n) is 1.55. The van der Waals surface area contributed by atoms with Gasteiger partial charge >= 0.3 is 0 Å². The Balaban J connectivity index is 2.79. The van der Waals surface area contributed by atoms with E-state index in [1.807, 2.05) is 12.1 Å². The molecule has 0 N–H and O–H groups in total. The molecule has 0 aliphatic rings. The third-order valence-electron chi connectivity index (χ3n) is 2.23. The number of isocyanates is 1. The first-order valence-corrected chi connectivity index (χ1v) is 4.87. The summed E-state index contributed by atoms with van der Waals surface area (Å²) in [6, 6.07) is 8.29. The van der Waals surface area contributed by atoms with Gasteiger partial charge in [-0.15, -0.1) is 0 Å². The van der Waals surface area contributed by atoms with E-state index in [4.69, 9.17) is 0 Å². The van der Waals surface area contributed by atoms with Gasteiger partial charge in [-0.25, -0.2) is 9.79 Å². The van der Waals surface area contributed by atoms with E-state index >= 15 is 0 Å². The van der Waals surface area contributed by atoms with Crippen molar-refractivity contribution in [2.75, 3.05) is 6.54 Å². The van der Waals surface area contributed by atoms with Gasteiger partial charge in [-0.2, -0.15) is 0 Å². The molecule has 1 aromatic rings. The molecule has 74 valence electrons. The normalized spacial score (nSPS) is 9.93. The van der Waals surface area contributed by atoms with Gasteiger partial charge in [0.2, 0.25) is 6.08 Å². The zero-order chi connectivity index (χ0) is 10.4. The lowest BCUT2D eigenvalue weighted by molar-refractivity contribution is 0.563. The summed E-state index contributed by atoms with van der Waals surface area (Å²) < 4.78 is 0. The van der Waals surface area contributed by atoms with Crippen LogP contribution in [0.25, 0.3) is 0 Å². The Labute approximate surface area is 84.7 Å². The lowest BCUT2D eigenvalue weighted by Gasteiger charge is -2.10. The first kappa shape index (κ1) is 10.7. The zero-order valence-corrected chi connectivity index (χ0v) is 8.66. The molecule has 1 aromatic carbocycles. The average molecular weight is 189 g/mol. The molecule has 0 spiro atoms. The average Bonchev–Trinajstić information content (AvgIpc) is 2.19. The molecule has 0 heterocycles. The van der Waals surface area contributed by atoms with Crippen LogP contribution < -0.4 is 0 Å². The van der Waals surface area contributed by atoms with Gasteiger partial charge in [0.15, 0.2) is 0 Å². The molecule has 2 heteroatoms. The quantitative estimate of drug-likeness (QED) is 0.529. The molecule has 1 rings (SSSR count). The van der Waals surface area contributed by atoms with Crippen molar-refractivity contribution < 1.29 is 4.79 Å². The van der Waals surface area contributed by atoms with Crippen LogP contribution in [0.3, 0.4) is 0 Å². The number of hydrogen-bond donors (Lipinski definition) is 0. The Kier molecular flexibility index (Phi) is 4.09. The van der Waals surface area contributed by atoms with E-state index in [1.165, 1.54) is 11.1 Å². The molecule has 0 saturated carbocycles. The van der Waals surface area contributed by atoms with Crippen molar-refractivity contribution in [1.82, 2.24) is 0 Å². The topological polar surface area (TPSA) is 29.4 Å². The Hall–Kier alpha value is -1.40. The van der Waals surface area contributed by atoms with E-state index in [9.17, 15) is 4.79 Å². The molecule has 2 nitrogen and oxygen atoms in total. The summed E-state index contributed by atoms with van der Waals surface area (Å²) in [7, 11) is 0. The molecule has 0 unspecified atom stereocenters. The van der Waals surface area contributed by atoms with Crippen LogP contribution in [0.15, 0.2) is 29.3 Å². The molecular formula is C12H15NO.